The van der Waals surface area contributed by atoms with Crippen LogP contribution in [-0.4, -0.2) is 0 Å². The van der Waals surface area contributed by atoms with Gasteiger partial charge >= 0.3 is 52.4 Å². The van der Waals surface area contributed by atoms with Crippen molar-refractivity contribution >= 4 is 43.1 Å². The minimum atomic E-state index is 0. The van der Waals surface area contributed by atoms with E-state index in [2.05, 4.69) is 385 Å². The van der Waals surface area contributed by atoms with Gasteiger partial charge < -0.3 is 24.8 Å². The van der Waals surface area contributed by atoms with E-state index in [1.54, 1.807) is 0 Å². The molecule has 0 heterocycles. The van der Waals surface area contributed by atoms with Crippen LogP contribution in [0.25, 0.3) is 87.6 Å². The zero-order valence-corrected chi connectivity index (χ0v) is 69.0. The fraction of sp³-hybridized carbons (Fsp3) is 0.348. The van der Waals surface area contributed by atoms with Gasteiger partial charge in [0.05, 0.1) is 0 Å². The maximum absolute atomic E-state index is 2.38. The van der Waals surface area contributed by atoms with Crippen molar-refractivity contribution in [3.63, 3.8) is 0 Å². The zero-order chi connectivity index (χ0) is 67.3. The summed E-state index contributed by atoms with van der Waals surface area (Å²) in [6.07, 6.45) is 0. The van der Waals surface area contributed by atoms with Crippen LogP contribution < -0.4 is 24.8 Å². The molecule has 0 amide bonds. The van der Waals surface area contributed by atoms with Gasteiger partial charge in [0.1, 0.15) is 0 Å². The van der Waals surface area contributed by atoms with Crippen LogP contribution in [0.15, 0.2) is 218 Å². The Bertz CT molecular complexity index is 3680. The predicted octanol–water partition coefficient (Wildman–Crippen LogP) is 21.3. The van der Waals surface area contributed by atoms with Gasteiger partial charge in [-0.05, 0) is 87.8 Å². The summed E-state index contributed by atoms with van der Waals surface area (Å²) in [6, 6.07) is 81.3. The van der Waals surface area contributed by atoms with Crippen LogP contribution in [0, 0.1) is 0 Å². The molecule has 0 aliphatic carbocycles. The Balaban J connectivity index is 0.000000228. The Hall–Kier alpha value is -5.45. The summed E-state index contributed by atoms with van der Waals surface area (Å²) < 4.78 is 0. The quantitative estimate of drug-likeness (QED) is 0.154. The van der Waals surface area contributed by atoms with Gasteiger partial charge in [-0.3, -0.25) is 0 Å². The van der Waals surface area contributed by atoms with Crippen molar-refractivity contribution in [1.82, 2.24) is 0 Å². The van der Waals surface area contributed by atoms with E-state index in [0.717, 1.165) is 0 Å². The molecule has 12 aromatic rings. The number of benzene rings is 8. The van der Waals surface area contributed by atoms with E-state index < -0.39 is 0 Å². The molecule has 0 spiro atoms. The maximum Gasteiger partial charge on any atom is 2.00 e. The molecule has 0 unspecified atom stereocenters. The molecule has 0 atom stereocenters. The molecule has 12 rings (SSSR count). The summed E-state index contributed by atoms with van der Waals surface area (Å²) >= 11 is 0. The summed E-state index contributed by atoms with van der Waals surface area (Å²) in [5, 5.41) is 10.6. The minimum Gasteiger partial charge on any atom is -1.00 e. The Morgan fingerprint density at radius 2 is 0.323 bits per heavy atom. The minimum absolute atomic E-state index is 0. The first kappa shape index (κ1) is 81.2. The molecule has 0 aromatic heterocycles. The van der Waals surface area contributed by atoms with E-state index in [-0.39, 0.29) is 121 Å². The van der Waals surface area contributed by atoms with Crippen molar-refractivity contribution in [2.24, 2.45) is 0 Å². The summed E-state index contributed by atoms with van der Waals surface area (Å²) in [5.74, 6) is 0. The summed E-state index contributed by atoms with van der Waals surface area (Å²) in [7, 11) is 0. The first-order chi connectivity index (χ1) is 42.6. The molecular weight excluding hydrogens is 1360 g/mol. The van der Waals surface area contributed by atoms with Crippen molar-refractivity contribution in [3.05, 3.63) is 263 Å². The molecule has 500 valence electrons. The van der Waals surface area contributed by atoms with Crippen molar-refractivity contribution in [1.29, 1.82) is 0 Å². The van der Waals surface area contributed by atoms with Gasteiger partial charge in [-0.1, -0.05) is 334 Å². The van der Waals surface area contributed by atoms with E-state index in [0.29, 0.717) is 0 Å². The molecule has 0 N–H and O–H groups in total. The standard InChI is InChI=1S/4C23H27.2ClH.2Zr/c4*1-22(2,3)20-13-19(14-21(15-20)23(4,5)6)18-11-16-9-7-8-10-17(16)12-18;;;;/h4*7-15H,1-6H3;2*1H;;/q4*-1;;;2*+2/p-2. The second kappa shape index (κ2) is 31.0. The number of hydrogen-bond donors (Lipinski definition) is 0. The first-order valence-electron chi connectivity index (χ1n) is 33.9. The van der Waals surface area contributed by atoms with Gasteiger partial charge in [-0.2, -0.15) is 0 Å². The van der Waals surface area contributed by atoms with Crippen LogP contribution in [0.4, 0.5) is 0 Å². The topological polar surface area (TPSA) is 0 Å². The molecule has 0 nitrogen and oxygen atoms in total. The number of rotatable bonds is 4. The predicted molar refractivity (Wildman–Crippen MR) is 410 cm³/mol. The molecular formula is C92H108Cl2Zr2-2. The van der Waals surface area contributed by atoms with Gasteiger partial charge in [0.2, 0.25) is 0 Å². The fourth-order valence-corrected chi connectivity index (χ4v) is 11.9. The van der Waals surface area contributed by atoms with E-state index in [1.165, 1.54) is 132 Å². The monoisotopic (exact) mass is 1460 g/mol. The second-order valence-corrected chi connectivity index (χ2v) is 34.7. The van der Waals surface area contributed by atoms with Gasteiger partial charge in [-0.25, -0.2) is 0 Å². The number of fused-ring (bicyclic) bond motifs is 4. The Morgan fingerprint density at radius 1 is 0.188 bits per heavy atom. The normalized spacial score (nSPS) is 12.2. The summed E-state index contributed by atoms with van der Waals surface area (Å²) in [5.41, 5.74) is 23.1. The molecule has 0 saturated heterocycles. The third-order valence-electron chi connectivity index (χ3n) is 18.5. The van der Waals surface area contributed by atoms with Crippen molar-refractivity contribution in [2.75, 3.05) is 0 Å². The average molecular weight is 1470 g/mol. The largest absolute Gasteiger partial charge is 2.00 e. The van der Waals surface area contributed by atoms with Crippen LogP contribution in [-0.2, 0) is 95.7 Å². The van der Waals surface area contributed by atoms with Gasteiger partial charge in [0.15, 0.2) is 0 Å². The molecule has 96 heavy (non-hydrogen) atoms. The summed E-state index contributed by atoms with van der Waals surface area (Å²) in [4.78, 5) is 0. The maximum atomic E-state index is 2.38. The fourth-order valence-electron chi connectivity index (χ4n) is 11.9. The number of halogens is 2. The molecule has 12 aromatic carbocycles. The SMILES string of the molecule is CC(C)(C)c1cc(-c2cc3ccccc3[cH-]2)cc(C(C)(C)C)c1.CC(C)(C)c1cc(-c2cc3ccccc3[cH-]2)cc(C(C)(C)C)c1.CC(C)(C)c1cc(-c2cc3ccccc3[cH-]2)cc(C(C)(C)C)c1.CC(C)(C)c1cc(-c2cc3ccccc3[cH-]2)cc(C(C)(C)C)c1.[Cl-].[Cl-].[Zr+2].[Zr+2]. The van der Waals surface area contributed by atoms with E-state index in [1.807, 2.05) is 0 Å². The molecule has 0 aliphatic heterocycles. The van der Waals surface area contributed by atoms with Crippen molar-refractivity contribution in [3.8, 4) is 44.5 Å². The Kier molecular flexibility index (Phi) is 26.2. The molecule has 0 bridgehead atoms. The van der Waals surface area contributed by atoms with Gasteiger partial charge in [0, 0.05) is 0 Å². The van der Waals surface area contributed by atoms with Crippen LogP contribution in [0.2, 0.25) is 0 Å². The van der Waals surface area contributed by atoms with Gasteiger partial charge in [0.25, 0.3) is 0 Å². The van der Waals surface area contributed by atoms with E-state index in [9.17, 15) is 0 Å². The van der Waals surface area contributed by atoms with E-state index in [4.69, 9.17) is 0 Å². The third-order valence-corrected chi connectivity index (χ3v) is 18.5. The first-order valence-corrected chi connectivity index (χ1v) is 33.9. The molecule has 0 radical (unpaired) electrons. The smallest absolute Gasteiger partial charge is 1.00 e. The van der Waals surface area contributed by atoms with Crippen LogP contribution in [0.5, 0.6) is 0 Å². The van der Waals surface area contributed by atoms with Crippen LogP contribution in [0.1, 0.15) is 211 Å². The Morgan fingerprint density at radius 3 is 0.448 bits per heavy atom. The summed E-state index contributed by atoms with van der Waals surface area (Å²) in [6.45, 7) is 55.0. The second-order valence-electron chi connectivity index (χ2n) is 34.7. The Labute approximate surface area is 631 Å². The van der Waals surface area contributed by atoms with Crippen LogP contribution in [0.3, 0.4) is 0 Å². The molecule has 4 heteroatoms. The average Bonchev–Trinajstić information content (AvgIpc) is 1.40. The third kappa shape index (κ3) is 20.4. The van der Waals surface area contributed by atoms with Crippen molar-refractivity contribution in [2.45, 2.75) is 209 Å². The van der Waals surface area contributed by atoms with Crippen LogP contribution >= 0.6 is 0 Å². The zero-order valence-electron chi connectivity index (χ0n) is 62.5. The van der Waals surface area contributed by atoms with E-state index >= 15 is 0 Å². The molecule has 0 saturated carbocycles. The molecule has 0 aliphatic rings. The van der Waals surface area contributed by atoms with Gasteiger partial charge in [-0.15, -0.1) is 138 Å². The molecule has 0 fully saturated rings. The number of hydrogen-bond acceptors (Lipinski definition) is 0. The van der Waals surface area contributed by atoms with Crippen molar-refractivity contribution < 1.29 is 77.2 Å².